The molecule has 0 spiro atoms. The van der Waals surface area contributed by atoms with E-state index in [1.165, 1.54) is 4.90 Å². The Morgan fingerprint density at radius 3 is 2.59 bits per heavy atom. The average molecular weight is 303 g/mol. The molecule has 1 saturated heterocycles. The van der Waals surface area contributed by atoms with Crippen LogP contribution in [0.1, 0.15) is 24.7 Å². The zero-order chi connectivity index (χ0) is 15.5. The maximum absolute atomic E-state index is 10.9. The first-order chi connectivity index (χ1) is 10.7. The van der Waals surface area contributed by atoms with Gasteiger partial charge in [-0.1, -0.05) is 5.16 Å². The molecule has 0 bridgehead atoms. The third-order valence-electron chi connectivity index (χ3n) is 3.90. The number of hydrogen-bond donors (Lipinski definition) is 1. The highest BCUT2D eigenvalue weighted by molar-refractivity contribution is 5.65. The second kappa shape index (κ2) is 6.05. The van der Waals surface area contributed by atoms with Gasteiger partial charge in [0.2, 0.25) is 11.7 Å². The molecular formula is C15H17N3O4. The van der Waals surface area contributed by atoms with E-state index in [4.69, 9.17) is 14.4 Å². The highest BCUT2D eigenvalue weighted by atomic mass is 16.5. The van der Waals surface area contributed by atoms with Crippen LogP contribution in [0.5, 0.6) is 5.75 Å². The maximum Gasteiger partial charge on any atom is 0.407 e. The Balaban J connectivity index is 1.70. The van der Waals surface area contributed by atoms with E-state index in [2.05, 4.69) is 10.1 Å². The number of methoxy groups -OCH3 is 1. The monoisotopic (exact) mass is 303 g/mol. The summed E-state index contributed by atoms with van der Waals surface area (Å²) in [5.41, 5.74) is 0.860. The van der Waals surface area contributed by atoms with Crippen LogP contribution in [0.2, 0.25) is 0 Å². The largest absolute Gasteiger partial charge is 0.497 e. The van der Waals surface area contributed by atoms with Crippen molar-refractivity contribution in [3.05, 3.63) is 30.2 Å². The zero-order valence-electron chi connectivity index (χ0n) is 12.2. The van der Waals surface area contributed by atoms with Crippen LogP contribution in [-0.2, 0) is 0 Å². The predicted molar refractivity (Wildman–Crippen MR) is 77.9 cm³/mol. The number of hydrogen-bond acceptors (Lipinski definition) is 5. The number of benzene rings is 1. The fourth-order valence-electron chi connectivity index (χ4n) is 2.58. The van der Waals surface area contributed by atoms with Crippen LogP contribution in [0.25, 0.3) is 11.4 Å². The van der Waals surface area contributed by atoms with Crippen LogP contribution in [0.3, 0.4) is 0 Å². The van der Waals surface area contributed by atoms with Crippen molar-refractivity contribution in [1.82, 2.24) is 15.0 Å². The van der Waals surface area contributed by atoms with Gasteiger partial charge in [0.25, 0.3) is 0 Å². The first-order valence-electron chi connectivity index (χ1n) is 7.13. The second-order valence-corrected chi connectivity index (χ2v) is 5.23. The van der Waals surface area contributed by atoms with E-state index in [1.54, 1.807) is 7.11 Å². The van der Waals surface area contributed by atoms with Gasteiger partial charge in [0.1, 0.15) is 5.75 Å². The van der Waals surface area contributed by atoms with Crippen molar-refractivity contribution in [1.29, 1.82) is 0 Å². The quantitative estimate of drug-likeness (QED) is 0.937. The third kappa shape index (κ3) is 2.88. The lowest BCUT2D eigenvalue weighted by atomic mass is 9.97. The fraction of sp³-hybridized carbons (Fsp3) is 0.400. The molecule has 2 heterocycles. The topological polar surface area (TPSA) is 88.7 Å². The zero-order valence-corrected chi connectivity index (χ0v) is 12.2. The van der Waals surface area contributed by atoms with Crippen molar-refractivity contribution in [2.75, 3.05) is 20.2 Å². The van der Waals surface area contributed by atoms with E-state index in [0.29, 0.717) is 37.6 Å². The van der Waals surface area contributed by atoms with Gasteiger partial charge >= 0.3 is 6.09 Å². The van der Waals surface area contributed by atoms with Crippen molar-refractivity contribution in [3.8, 4) is 17.1 Å². The Morgan fingerprint density at radius 2 is 2.00 bits per heavy atom. The fourth-order valence-corrected chi connectivity index (χ4v) is 2.58. The molecule has 116 valence electrons. The number of amides is 1. The molecule has 1 aliphatic heterocycles. The number of nitrogens with zero attached hydrogens (tertiary/aromatic N) is 3. The van der Waals surface area contributed by atoms with E-state index in [0.717, 1.165) is 11.3 Å². The molecular weight excluding hydrogens is 286 g/mol. The van der Waals surface area contributed by atoms with Crippen LogP contribution in [0, 0.1) is 0 Å². The van der Waals surface area contributed by atoms with E-state index in [-0.39, 0.29) is 5.92 Å². The number of rotatable bonds is 3. The molecule has 1 N–H and O–H groups in total. The van der Waals surface area contributed by atoms with Gasteiger partial charge in [0, 0.05) is 24.6 Å². The molecule has 2 aromatic rings. The average Bonchev–Trinajstić information content (AvgIpc) is 3.05. The molecule has 7 nitrogen and oxygen atoms in total. The summed E-state index contributed by atoms with van der Waals surface area (Å²) in [6.07, 6.45) is 0.537. The van der Waals surface area contributed by atoms with Gasteiger partial charge < -0.3 is 19.3 Å². The highest BCUT2D eigenvalue weighted by Crippen LogP contribution is 2.28. The molecule has 22 heavy (non-hydrogen) atoms. The van der Waals surface area contributed by atoms with Gasteiger partial charge in [-0.2, -0.15) is 4.98 Å². The summed E-state index contributed by atoms with van der Waals surface area (Å²) >= 11 is 0. The lowest BCUT2D eigenvalue weighted by molar-refractivity contribution is 0.128. The molecule has 1 aromatic heterocycles. The number of likely N-dealkylation sites (tertiary alicyclic amines) is 1. The van der Waals surface area contributed by atoms with Crippen LogP contribution in [0.4, 0.5) is 4.79 Å². The van der Waals surface area contributed by atoms with Gasteiger partial charge in [-0.05, 0) is 37.1 Å². The summed E-state index contributed by atoms with van der Waals surface area (Å²) in [5, 5.41) is 13.0. The van der Waals surface area contributed by atoms with Crippen molar-refractivity contribution in [2.24, 2.45) is 0 Å². The Labute approximate surface area is 127 Å². The van der Waals surface area contributed by atoms with Crippen molar-refractivity contribution >= 4 is 6.09 Å². The summed E-state index contributed by atoms with van der Waals surface area (Å²) in [5.74, 6) is 2.01. The summed E-state index contributed by atoms with van der Waals surface area (Å²) in [7, 11) is 1.62. The van der Waals surface area contributed by atoms with Crippen LogP contribution >= 0.6 is 0 Å². The minimum atomic E-state index is -0.872. The molecule has 0 atom stereocenters. The normalized spacial score (nSPS) is 15.8. The Hall–Kier alpha value is -2.57. The van der Waals surface area contributed by atoms with Gasteiger partial charge in [0.05, 0.1) is 7.11 Å². The third-order valence-corrected chi connectivity index (χ3v) is 3.90. The highest BCUT2D eigenvalue weighted by Gasteiger charge is 2.27. The molecule has 0 unspecified atom stereocenters. The predicted octanol–water partition coefficient (Wildman–Crippen LogP) is 2.60. The minimum Gasteiger partial charge on any atom is -0.497 e. The van der Waals surface area contributed by atoms with E-state index >= 15 is 0 Å². The van der Waals surface area contributed by atoms with Gasteiger partial charge in [0.15, 0.2) is 0 Å². The number of carboxylic acid groups (broad SMARTS) is 1. The Bertz CT molecular complexity index is 645. The first-order valence-corrected chi connectivity index (χ1v) is 7.13. The Kier molecular flexibility index (Phi) is 3.95. The lowest BCUT2D eigenvalue weighted by Crippen LogP contribution is -2.36. The van der Waals surface area contributed by atoms with Gasteiger partial charge in [-0.15, -0.1) is 0 Å². The molecule has 1 amide bonds. The summed E-state index contributed by atoms with van der Waals surface area (Å²) in [6, 6.07) is 7.44. The van der Waals surface area contributed by atoms with Gasteiger partial charge in [-0.25, -0.2) is 4.79 Å². The number of piperidine rings is 1. The van der Waals surface area contributed by atoms with Crippen molar-refractivity contribution < 1.29 is 19.2 Å². The van der Waals surface area contributed by atoms with E-state index in [9.17, 15) is 4.79 Å². The smallest absolute Gasteiger partial charge is 0.407 e. The van der Waals surface area contributed by atoms with Crippen LogP contribution in [-0.4, -0.2) is 46.4 Å². The van der Waals surface area contributed by atoms with E-state index in [1.807, 2.05) is 24.3 Å². The number of ether oxygens (including phenoxy) is 1. The number of aromatic nitrogens is 2. The van der Waals surface area contributed by atoms with Crippen LogP contribution < -0.4 is 4.74 Å². The summed E-state index contributed by atoms with van der Waals surface area (Å²) in [4.78, 5) is 16.8. The first kappa shape index (κ1) is 14.4. The standard InChI is InChI=1S/C15H17N3O4/c1-21-12-4-2-10(3-5-12)13-16-14(22-17-13)11-6-8-18(9-7-11)15(19)20/h2-5,11H,6-9H2,1H3,(H,19,20). The van der Waals surface area contributed by atoms with Gasteiger partial charge in [-0.3, -0.25) is 0 Å². The molecule has 1 aromatic carbocycles. The number of carbonyl (C=O) groups is 1. The van der Waals surface area contributed by atoms with E-state index < -0.39 is 6.09 Å². The second-order valence-electron chi connectivity index (χ2n) is 5.23. The van der Waals surface area contributed by atoms with Crippen molar-refractivity contribution in [2.45, 2.75) is 18.8 Å². The minimum absolute atomic E-state index is 0.120. The lowest BCUT2D eigenvalue weighted by Gasteiger charge is -2.27. The maximum atomic E-state index is 10.9. The summed E-state index contributed by atoms with van der Waals surface area (Å²) in [6.45, 7) is 1.00. The molecule has 1 fully saturated rings. The molecule has 1 aliphatic rings. The molecule has 3 rings (SSSR count). The Morgan fingerprint density at radius 1 is 1.32 bits per heavy atom. The summed E-state index contributed by atoms with van der Waals surface area (Å²) < 4.78 is 10.5. The van der Waals surface area contributed by atoms with Crippen molar-refractivity contribution in [3.63, 3.8) is 0 Å². The molecule has 0 aliphatic carbocycles. The van der Waals surface area contributed by atoms with Crippen LogP contribution in [0.15, 0.2) is 28.8 Å². The molecule has 0 radical (unpaired) electrons. The molecule has 0 saturated carbocycles. The molecule has 7 heteroatoms. The SMILES string of the molecule is COc1ccc(-c2noc(C3CCN(C(=O)O)CC3)n2)cc1.